The van der Waals surface area contributed by atoms with E-state index in [1.54, 1.807) is 0 Å². The molecule has 0 saturated carbocycles. The van der Waals surface area contributed by atoms with Crippen molar-refractivity contribution in [2.75, 3.05) is 71.7 Å². The molecule has 14 nitrogen and oxygen atoms in total. The summed E-state index contributed by atoms with van der Waals surface area (Å²) >= 11 is 1.89. The Kier molecular flexibility index (Phi) is 17.1. The molecule has 0 bridgehead atoms. The van der Waals surface area contributed by atoms with Crippen LogP contribution in [-0.2, 0) is 28.5 Å². The van der Waals surface area contributed by atoms with Crippen LogP contribution < -0.4 is 21.3 Å². The molecule has 1 aromatic carbocycles. The highest BCUT2D eigenvalue weighted by molar-refractivity contribution is 8.00. The highest BCUT2D eigenvalue weighted by atomic mass is 32.2. The fraction of sp³-hybridized carbons (Fsp3) is 0.621. The Balaban J connectivity index is 1.02. The minimum Gasteiger partial charge on any atom is -0.377 e. The number of halogens is 1. The molecule has 248 valence electrons. The van der Waals surface area contributed by atoms with E-state index in [4.69, 9.17) is 24.5 Å². The van der Waals surface area contributed by atoms with Gasteiger partial charge in [0, 0.05) is 41.5 Å². The molecular weight excluding hydrogens is 609 g/mol. The van der Waals surface area contributed by atoms with E-state index in [2.05, 4.69) is 31.3 Å². The molecule has 0 aromatic heterocycles. The number of hydrogen-bond donors (Lipinski definition) is 4. The highest BCUT2D eigenvalue weighted by Crippen LogP contribution is 2.33. The molecule has 16 heteroatoms. The third kappa shape index (κ3) is 14.5. The number of thioether (sulfide) groups is 1. The molecule has 4 amide bonds. The number of benzene rings is 1. The summed E-state index contributed by atoms with van der Waals surface area (Å²) in [5, 5.41) is 15.1. The van der Waals surface area contributed by atoms with E-state index in [9.17, 15) is 18.8 Å². The Morgan fingerprint density at radius 3 is 2.33 bits per heavy atom. The van der Waals surface area contributed by atoms with Crippen LogP contribution in [0.2, 0.25) is 0 Å². The van der Waals surface area contributed by atoms with Crippen LogP contribution in [0.1, 0.15) is 31.2 Å². The van der Waals surface area contributed by atoms with Gasteiger partial charge in [0.25, 0.3) is 0 Å². The number of urea groups is 1. The average molecular weight is 652 g/mol. The summed E-state index contributed by atoms with van der Waals surface area (Å²) in [5.41, 5.74) is 8.72. The van der Waals surface area contributed by atoms with E-state index in [1.807, 2.05) is 11.8 Å². The zero-order valence-electron chi connectivity index (χ0n) is 25.2. The van der Waals surface area contributed by atoms with Crippen LogP contribution in [0.5, 0.6) is 0 Å². The third-order valence-corrected chi connectivity index (χ3v) is 8.37. The Labute approximate surface area is 266 Å². The van der Waals surface area contributed by atoms with Gasteiger partial charge < -0.3 is 40.2 Å². The number of nitrogens with one attached hydrogen (secondary N) is 4. The van der Waals surface area contributed by atoms with Crippen molar-refractivity contribution in [2.45, 2.75) is 43.0 Å². The fourth-order valence-corrected chi connectivity index (χ4v) is 6.16. The number of fused-ring (bicyclic) bond motifs is 1. The number of azide groups is 1. The van der Waals surface area contributed by atoms with E-state index < -0.39 is 5.82 Å². The predicted molar refractivity (Wildman–Crippen MR) is 167 cm³/mol. The van der Waals surface area contributed by atoms with Gasteiger partial charge in [-0.25, -0.2) is 9.18 Å². The van der Waals surface area contributed by atoms with Crippen LogP contribution in [0, 0.1) is 5.82 Å². The molecule has 45 heavy (non-hydrogen) atoms. The van der Waals surface area contributed by atoms with Gasteiger partial charge in [-0.3, -0.25) is 9.59 Å². The summed E-state index contributed by atoms with van der Waals surface area (Å²) in [6, 6.07) is 4.42. The highest BCUT2D eigenvalue weighted by Gasteiger charge is 2.42. The first-order valence-corrected chi connectivity index (χ1v) is 16.1. The lowest BCUT2D eigenvalue weighted by molar-refractivity contribution is -0.121. The summed E-state index contributed by atoms with van der Waals surface area (Å²) < 4.78 is 35.5. The van der Waals surface area contributed by atoms with Gasteiger partial charge in [0.1, 0.15) is 5.82 Å². The molecular formula is C29H42FN7O7S. The number of amides is 4. The number of nitrogens with zero attached hydrogens (tertiary/aromatic N) is 3. The normalized spacial score (nSPS) is 18.7. The van der Waals surface area contributed by atoms with Crippen molar-refractivity contribution in [1.82, 2.24) is 21.3 Å². The lowest BCUT2D eigenvalue weighted by Gasteiger charge is -2.16. The van der Waals surface area contributed by atoms with Crippen LogP contribution >= 0.6 is 11.8 Å². The van der Waals surface area contributed by atoms with Crippen molar-refractivity contribution in [3.8, 4) is 0 Å². The van der Waals surface area contributed by atoms with E-state index in [-0.39, 0.29) is 35.6 Å². The molecule has 2 saturated heterocycles. The smallest absolute Gasteiger partial charge is 0.315 e. The van der Waals surface area contributed by atoms with E-state index >= 15 is 0 Å². The minimum atomic E-state index is -0.669. The van der Waals surface area contributed by atoms with Gasteiger partial charge in [0.2, 0.25) is 11.8 Å². The first-order valence-electron chi connectivity index (χ1n) is 15.0. The van der Waals surface area contributed by atoms with Gasteiger partial charge >= 0.3 is 6.03 Å². The number of rotatable bonds is 23. The molecule has 0 radical (unpaired) electrons. The maximum absolute atomic E-state index is 13.7. The van der Waals surface area contributed by atoms with Crippen molar-refractivity contribution in [3.05, 3.63) is 46.1 Å². The zero-order chi connectivity index (χ0) is 32.1. The maximum atomic E-state index is 13.7. The molecule has 0 spiro atoms. The van der Waals surface area contributed by atoms with E-state index in [0.29, 0.717) is 83.2 Å². The summed E-state index contributed by atoms with van der Waals surface area (Å²) in [7, 11) is 0. The Bertz CT molecular complexity index is 1170. The third-order valence-electron chi connectivity index (χ3n) is 6.86. The molecule has 0 unspecified atom stereocenters. The topological polar surface area (TPSA) is 185 Å². The molecule has 3 rings (SSSR count). The summed E-state index contributed by atoms with van der Waals surface area (Å²) in [4.78, 5) is 37.8. The number of carbonyl (C=O) groups excluding carboxylic acids is 3. The van der Waals surface area contributed by atoms with Crippen LogP contribution in [-0.4, -0.2) is 107 Å². The van der Waals surface area contributed by atoms with Gasteiger partial charge in [-0.05, 0) is 42.1 Å². The summed E-state index contributed by atoms with van der Waals surface area (Å²) in [6.45, 7) is 3.94. The molecule has 0 aliphatic carbocycles. The second kappa shape index (κ2) is 21.4. The van der Waals surface area contributed by atoms with Crippen LogP contribution in [0.4, 0.5) is 14.9 Å². The van der Waals surface area contributed by atoms with Gasteiger partial charge in [0.15, 0.2) is 0 Å². The lowest BCUT2D eigenvalue weighted by atomic mass is 10.0. The first-order chi connectivity index (χ1) is 22.0. The van der Waals surface area contributed by atoms with Gasteiger partial charge in [0.05, 0.1) is 70.6 Å². The van der Waals surface area contributed by atoms with Crippen LogP contribution in [0.25, 0.3) is 16.5 Å². The van der Waals surface area contributed by atoms with Crippen molar-refractivity contribution in [2.24, 2.45) is 5.11 Å². The zero-order valence-corrected chi connectivity index (χ0v) is 26.0. The van der Waals surface area contributed by atoms with Crippen molar-refractivity contribution in [3.63, 3.8) is 0 Å². The number of unbranched alkanes of at least 4 members (excludes halogenated alkanes) is 1. The monoisotopic (exact) mass is 651 g/mol. The number of hydrogen-bond acceptors (Lipinski definition) is 9. The Morgan fingerprint density at radius 1 is 1.00 bits per heavy atom. The summed E-state index contributed by atoms with van der Waals surface area (Å²) in [5.74, 6) is -0.0479. The second-order valence-corrected chi connectivity index (χ2v) is 11.5. The fourth-order valence-electron chi connectivity index (χ4n) is 4.62. The predicted octanol–water partition coefficient (Wildman–Crippen LogP) is 2.81. The molecule has 2 aliphatic heterocycles. The van der Waals surface area contributed by atoms with Crippen molar-refractivity contribution < 1.29 is 37.7 Å². The molecule has 1 aromatic rings. The second-order valence-electron chi connectivity index (χ2n) is 10.2. The Morgan fingerprint density at radius 2 is 1.67 bits per heavy atom. The molecule has 3 atom stereocenters. The summed E-state index contributed by atoms with van der Waals surface area (Å²) in [6.07, 6.45) is 6.00. The van der Waals surface area contributed by atoms with E-state index in [1.165, 1.54) is 30.4 Å². The van der Waals surface area contributed by atoms with E-state index in [0.717, 1.165) is 25.0 Å². The minimum absolute atomic E-state index is 0.0214. The largest absolute Gasteiger partial charge is 0.377 e. The van der Waals surface area contributed by atoms with Crippen LogP contribution in [0.15, 0.2) is 29.4 Å². The van der Waals surface area contributed by atoms with Gasteiger partial charge in [-0.15, -0.1) is 0 Å². The quantitative estimate of drug-likeness (QED) is 0.0348. The number of ether oxygens (including phenoxy) is 4. The first kappa shape index (κ1) is 36.1. The molecule has 2 heterocycles. The molecule has 2 aliphatic rings. The molecule has 4 N–H and O–H groups in total. The van der Waals surface area contributed by atoms with Crippen molar-refractivity contribution >= 4 is 41.4 Å². The van der Waals surface area contributed by atoms with Gasteiger partial charge in [-0.2, -0.15) is 11.8 Å². The number of carbonyl (C=O) groups is 3. The van der Waals surface area contributed by atoms with Crippen molar-refractivity contribution in [1.29, 1.82) is 0 Å². The maximum Gasteiger partial charge on any atom is 0.315 e. The standard InChI is InChI=1S/C29H42FN7O7S/c30-22-19-21(5-7-23(22)36-37-31)6-8-27(39)33-10-12-42-14-16-44-18-17-43-15-13-41-11-9-32-26(38)4-2-1-3-25-28-24(20-45-25)34-29(40)35-28/h5-8,19,24-25,28H,1-4,9-18,20H2,(H,32,38)(H,33,39)(H2,34,35,40)/b8-6+/t24-,25-,28-/m0/s1. The van der Waals surface area contributed by atoms with Gasteiger partial charge in [-0.1, -0.05) is 17.6 Å². The lowest BCUT2D eigenvalue weighted by Crippen LogP contribution is -2.36. The Hall–Kier alpha value is -3.40. The van der Waals surface area contributed by atoms with Crippen LogP contribution in [0.3, 0.4) is 0 Å². The molecule has 2 fully saturated rings. The average Bonchev–Trinajstić information content (AvgIpc) is 3.58. The SMILES string of the molecule is [N-]=[N+]=Nc1ccc(/C=C/C(=O)NCCOCCOCCOCCOCCNC(=O)CCCC[C@@H]2SC[C@@H]3NC(=O)N[C@@H]32)cc1F.